The van der Waals surface area contributed by atoms with Gasteiger partial charge in [-0.25, -0.2) is 9.97 Å². The van der Waals surface area contributed by atoms with Crippen LogP contribution >= 0.6 is 0 Å². The van der Waals surface area contributed by atoms with Crippen LogP contribution in [0.25, 0.3) is 0 Å². The molecule has 0 aliphatic carbocycles. The van der Waals surface area contributed by atoms with Crippen molar-refractivity contribution in [2.45, 2.75) is 6.10 Å². The molecule has 0 saturated carbocycles. The Morgan fingerprint density at radius 3 is 3.20 bits per heavy atom. The first-order valence-corrected chi connectivity index (χ1v) is 5.10. The number of aromatic nitrogens is 2. The van der Waals surface area contributed by atoms with Gasteiger partial charge in [-0.05, 0) is 13.1 Å². The van der Waals surface area contributed by atoms with E-state index in [-0.39, 0.29) is 6.10 Å². The second-order valence-electron chi connectivity index (χ2n) is 3.67. The molecule has 1 N–H and O–H groups in total. The van der Waals surface area contributed by atoms with E-state index in [4.69, 9.17) is 4.74 Å². The van der Waals surface area contributed by atoms with E-state index < -0.39 is 0 Å². The Balaban J connectivity index is 2.13. The van der Waals surface area contributed by atoms with Gasteiger partial charge in [0.05, 0.1) is 6.61 Å². The summed E-state index contributed by atoms with van der Waals surface area (Å²) in [6, 6.07) is 1.84. The highest BCUT2D eigenvalue weighted by Gasteiger charge is 2.21. The van der Waals surface area contributed by atoms with Gasteiger partial charge in [0, 0.05) is 26.3 Å². The molecule has 1 aliphatic heterocycles. The van der Waals surface area contributed by atoms with Crippen LogP contribution < -0.4 is 5.32 Å². The van der Waals surface area contributed by atoms with Crippen LogP contribution in [0.15, 0.2) is 12.3 Å². The van der Waals surface area contributed by atoms with Crippen molar-refractivity contribution in [3.05, 3.63) is 18.1 Å². The maximum Gasteiger partial charge on any atom is 0.160 e. The van der Waals surface area contributed by atoms with E-state index in [1.807, 2.05) is 13.1 Å². The first-order chi connectivity index (χ1) is 7.29. The van der Waals surface area contributed by atoms with Crippen LogP contribution in [0.5, 0.6) is 0 Å². The molecule has 1 saturated heterocycles. The first kappa shape index (κ1) is 10.3. The highest BCUT2D eigenvalue weighted by Crippen LogP contribution is 2.18. The number of nitrogens with zero attached hydrogens (tertiary/aromatic N) is 3. The highest BCUT2D eigenvalue weighted by molar-refractivity contribution is 5.31. The second kappa shape index (κ2) is 4.55. The van der Waals surface area contributed by atoms with Crippen molar-refractivity contribution in [3.8, 4) is 0 Å². The number of likely N-dealkylation sites (N-methyl/N-ethyl adjacent to an activating group) is 1. The Morgan fingerprint density at radius 2 is 2.47 bits per heavy atom. The molecule has 1 unspecified atom stereocenters. The molecule has 5 nitrogen and oxygen atoms in total. The third-order valence-corrected chi connectivity index (χ3v) is 2.49. The molecule has 0 aromatic carbocycles. The molecule has 82 valence electrons. The molecule has 1 aliphatic rings. The molecule has 2 heterocycles. The highest BCUT2D eigenvalue weighted by atomic mass is 16.5. The number of hydrogen-bond donors (Lipinski definition) is 1. The molecule has 2 rings (SSSR count). The standard InChI is InChI=1S/C10H16N4O/c1-11-9-3-4-12-10(13-9)8-7-14(2)5-6-15-8/h3-4,8H,5-7H2,1-2H3,(H,11,12,13). The summed E-state index contributed by atoms with van der Waals surface area (Å²) in [5.41, 5.74) is 0. The van der Waals surface area contributed by atoms with Gasteiger partial charge in [0.2, 0.25) is 0 Å². The number of hydrogen-bond acceptors (Lipinski definition) is 5. The Labute approximate surface area is 89.5 Å². The summed E-state index contributed by atoms with van der Waals surface area (Å²) in [6.45, 7) is 2.57. The third-order valence-electron chi connectivity index (χ3n) is 2.49. The van der Waals surface area contributed by atoms with Gasteiger partial charge in [-0.1, -0.05) is 0 Å². The number of morpholine rings is 1. The van der Waals surface area contributed by atoms with E-state index in [0.717, 1.165) is 31.3 Å². The molecule has 0 spiro atoms. The summed E-state index contributed by atoms with van der Waals surface area (Å²) < 4.78 is 5.64. The largest absolute Gasteiger partial charge is 0.373 e. The van der Waals surface area contributed by atoms with Crippen LogP contribution in [-0.4, -0.2) is 48.7 Å². The monoisotopic (exact) mass is 208 g/mol. The van der Waals surface area contributed by atoms with Gasteiger partial charge in [0.15, 0.2) is 5.82 Å². The van der Waals surface area contributed by atoms with Gasteiger partial charge in [-0.15, -0.1) is 0 Å². The Morgan fingerprint density at radius 1 is 1.60 bits per heavy atom. The lowest BCUT2D eigenvalue weighted by atomic mass is 10.2. The summed E-state index contributed by atoms with van der Waals surface area (Å²) in [5.74, 6) is 1.59. The molecular formula is C10H16N4O. The van der Waals surface area contributed by atoms with Gasteiger partial charge in [0.1, 0.15) is 11.9 Å². The predicted octanol–water partition coefficient (Wildman–Crippen LogP) is 0.521. The quantitative estimate of drug-likeness (QED) is 0.768. The first-order valence-electron chi connectivity index (χ1n) is 5.10. The summed E-state index contributed by atoms with van der Waals surface area (Å²) in [5, 5.41) is 3.00. The molecule has 0 bridgehead atoms. The van der Waals surface area contributed by atoms with Gasteiger partial charge >= 0.3 is 0 Å². The Hall–Kier alpha value is -1.20. The van der Waals surface area contributed by atoms with E-state index in [1.165, 1.54) is 0 Å². The van der Waals surface area contributed by atoms with E-state index in [0.29, 0.717) is 0 Å². The summed E-state index contributed by atoms with van der Waals surface area (Å²) in [4.78, 5) is 10.8. The average molecular weight is 208 g/mol. The van der Waals surface area contributed by atoms with Gasteiger partial charge in [-0.3, -0.25) is 0 Å². The molecular weight excluding hydrogens is 192 g/mol. The molecule has 1 aromatic heterocycles. The molecule has 0 radical (unpaired) electrons. The predicted molar refractivity (Wildman–Crippen MR) is 57.8 cm³/mol. The minimum Gasteiger partial charge on any atom is -0.373 e. The molecule has 0 amide bonds. The zero-order chi connectivity index (χ0) is 10.7. The fourth-order valence-corrected chi connectivity index (χ4v) is 1.60. The fourth-order valence-electron chi connectivity index (χ4n) is 1.60. The zero-order valence-corrected chi connectivity index (χ0v) is 9.10. The fraction of sp³-hybridized carbons (Fsp3) is 0.600. The van der Waals surface area contributed by atoms with Crippen molar-refractivity contribution in [2.24, 2.45) is 0 Å². The van der Waals surface area contributed by atoms with Crippen LogP contribution in [0, 0.1) is 0 Å². The second-order valence-corrected chi connectivity index (χ2v) is 3.67. The number of ether oxygens (including phenoxy) is 1. The lowest BCUT2D eigenvalue weighted by molar-refractivity contribution is -0.0254. The third kappa shape index (κ3) is 2.43. The molecule has 1 fully saturated rings. The van der Waals surface area contributed by atoms with Gasteiger partial charge < -0.3 is 15.0 Å². The SMILES string of the molecule is CNc1ccnc(C2CN(C)CCO2)n1. The van der Waals surface area contributed by atoms with E-state index in [1.54, 1.807) is 6.20 Å². The van der Waals surface area contributed by atoms with E-state index >= 15 is 0 Å². The van der Waals surface area contributed by atoms with E-state index in [2.05, 4.69) is 27.2 Å². The van der Waals surface area contributed by atoms with Crippen molar-refractivity contribution in [1.82, 2.24) is 14.9 Å². The lowest BCUT2D eigenvalue weighted by Crippen LogP contribution is -2.36. The van der Waals surface area contributed by atoms with Crippen molar-refractivity contribution in [1.29, 1.82) is 0 Å². The molecule has 5 heteroatoms. The maximum absolute atomic E-state index is 5.64. The maximum atomic E-state index is 5.64. The van der Waals surface area contributed by atoms with Crippen LogP contribution in [0.4, 0.5) is 5.82 Å². The molecule has 15 heavy (non-hydrogen) atoms. The summed E-state index contributed by atoms with van der Waals surface area (Å²) >= 11 is 0. The van der Waals surface area contributed by atoms with Crippen molar-refractivity contribution < 1.29 is 4.74 Å². The number of rotatable bonds is 2. The minimum absolute atomic E-state index is 0.00273. The van der Waals surface area contributed by atoms with Crippen molar-refractivity contribution >= 4 is 5.82 Å². The van der Waals surface area contributed by atoms with Gasteiger partial charge in [-0.2, -0.15) is 0 Å². The topological polar surface area (TPSA) is 50.3 Å². The lowest BCUT2D eigenvalue weighted by Gasteiger charge is -2.29. The van der Waals surface area contributed by atoms with Crippen LogP contribution in [0.3, 0.4) is 0 Å². The molecule has 1 atom stereocenters. The normalized spacial score (nSPS) is 22.7. The average Bonchev–Trinajstić information content (AvgIpc) is 2.29. The van der Waals surface area contributed by atoms with Gasteiger partial charge in [0.25, 0.3) is 0 Å². The number of nitrogens with one attached hydrogen (secondary N) is 1. The molecule has 1 aromatic rings. The van der Waals surface area contributed by atoms with Crippen molar-refractivity contribution in [3.63, 3.8) is 0 Å². The smallest absolute Gasteiger partial charge is 0.160 e. The van der Waals surface area contributed by atoms with Crippen molar-refractivity contribution in [2.75, 3.05) is 39.1 Å². The van der Waals surface area contributed by atoms with E-state index in [9.17, 15) is 0 Å². The Bertz CT molecular complexity index is 331. The van der Waals surface area contributed by atoms with Crippen LogP contribution in [0.2, 0.25) is 0 Å². The van der Waals surface area contributed by atoms with Crippen LogP contribution in [0.1, 0.15) is 11.9 Å². The summed E-state index contributed by atoms with van der Waals surface area (Å²) in [7, 11) is 3.93. The number of anilines is 1. The Kier molecular flexibility index (Phi) is 3.13. The minimum atomic E-state index is -0.00273. The summed E-state index contributed by atoms with van der Waals surface area (Å²) in [6.07, 6.45) is 1.75. The zero-order valence-electron chi connectivity index (χ0n) is 9.10. The van der Waals surface area contributed by atoms with Crippen LogP contribution in [-0.2, 0) is 4.74 Å².